The standard InChI is InChI=1S/C26H26N2O3S/c1-18-12-19(2)14-22(13-18)27-26(29)16-28-15-25(23-10-6-7-11-24(23)28)32(30,31)17-21-9-5-4-8-20(21)3/h4-15H,16-17H2,1-3H3,(H,27,29). The highest BCUT2D eigenvalue weighted by Gasteiger charge is 2.23. The van der Waals surface area contributed by atoms with E-state index in [1.807, 2.05) is 81.4 Å². The van der Waals surface area contributed by atoms with Gasteiger partial charge in [0, 0.05) is 22.8 Å². The van der Waals surface area contributed by atoms with Crippen LogP contribution in [0.5, 0.6) is 0 Å². The van der Waals surface area contributed by atoms with Gasteiger partial charge in [-0.1, -0.05) is 48.5 Å². The Balaban J connectivity index is 1.65. The third-order valence-corrected chi connectivity index (χ3v) is 7.20. The summed E-state index contributed by atoms with van der Waals surface area (Å²) in [7, 11) is -3.60. The van der Waals surface area contributed by atoms with Gasteiger partial charge in [0.05, 0.1) is 10.6 Å². The Hall–Kier alpha value is -3.38. The molecule has 6 heteroatoms. The van der Waals surface area contributed by atoms with Gasteiger partial charge in [0.1, 0.15) is 6.54 Å². The number of rotatable bonds is 6. The number of hydrogen-bond acceptors (Lipinski definition) is 3. The number of hydrogen-bond donors (Lipinski definition) is 1. The first-order valence-corrected chi connectivity index (χ1v) is 12.1. The minimum Gasteiger partial charge on any atom is -0.337 e. The van der Waals surface area contributed by atoms with Crippen LogP contribution in [0.4, 0.5) is 5.69 Å². The number of anilines is 1. The highest BCUT2D eigenvalue weighted by atomic mass is 32.2. The number of amides is 1. The molecule has 0 aliphatic rings. The molecular formula is C26H26N2O3S. The fourth-order valence-electron chi connectivity index (χ4n) is 4.05. The van der Waals surface area contributed by atoms with Crippen molar-refractivity contribution in [2.45, 2.75) is 38.0 Å². The Kier molecular flexibility index (Phi) is 5.89. The second-order valence-corrected chi connectivity index (χ2v) is 10.2. The molecule has 32 heavy (non-hydrogen) atoms. The molecule has 0 bridgehead atoms. The lowest BCUT2D eigenvalue weighted by molar-refractivity contribution is -0.116. The minimum atomic E-state index is -3.60. The van der Waals surface area contributed by atoms with Gasteiger partial charge in [-0.2, -0.15) is 0 Å². The molecule has 1 aromatic heterocycles. The van der Waals surface area contributed by atoms with E-state index >= 15 is 0 Å². The van der Waals surface area contributed by atoms with Crippen molar-refractivity contribution in [3.63, 3.8) is 0 Å². The molecule has 1 heterocycles. The molecular weight excluding hydrogens is 420 g/mol. The Bertz CT molecular complexity index is 1400. The van der Waals surface area contributed by atoms with Crippen molar-refractivity contribution in [1.82, 2.24) is 4.57 Å². The fraction of sp³-hybridized carbons (Fsp3) is 0.192. The summed E-state index contributed by atoms with van der Waals surface area (Å²) in [5.74, 6) is -0.291. The number of nitrogens with one attached hydrogen (secondary N) is 1. The molecule has 1 amide bonds. The van der Waals surface area contributed by atoms with E-state index in [-0.39, 0.29) is 23.1 Å². The zero-order valence-electron chi connectivity index (χ0n) is 18.4. The van der Waals surface area contributed by atoms with Crippen LogP contribution in [0.2, 0.25) is 0 Å². The predicted octanol–water partition coefficient (Wildman–Crippen LogP) is 5.18. The van der Waals surface area contributed by atoms with Crippen LogP contribution < -0.4 is 5.32 Å². The first-order valence-electron chi connectivity index (χ1n) is 10.5. The van der Waals surface area contributed by atoms with Gasteiger partial charge in [-0.15, -0.1) is 0 Å². The lowest BCUT2D eigenvalue weighted by Crippen LogP contribution is -2.18. The number of aryl methyl sites for hydroxylation is 3. The van der Waals surface area contributed by atoms with Gasteiger partial charge in [0.2, 0.25) is 5.91 Å². The number of para-hydroxylation sites is 1. The summed E-state index contributed by atoms with van der Waals surface area (Å²) in [5, 5.41) is 3.55. The molecule has 0 aliphatic carbocycles. The van der Waals surface area contributed by atoms with Crippen LogP contribution in [0, 0.1) is 20.8 Å². The zero-order chi connectivity index (χ0) is 22.9. The van der Waals surface area contributed by atoms with Gasteiger partial charge in [-0.25, -0.2) is 8.42 Å². The van der Waals surface area contributed by atoms with Gasteiger partial charge in [0.25, 0.3) is 0 Å². The molecule has 164 valence electrons. The van der Waals surface area contributed by atoms with Crippen molar-refractivity contribution >= 4 is 32.3 Å². The number of aromatic nitrogens is 1. The molecule has 5 nitrogen and oxygen atoms in total. The van der Waals surface area contributed by atoms with Crippen LogP contribution in [-0.4, -0.2) is 18.9 Å². The van der Waals surface area contributed by atoms with E-state index in [0.717, 1.165) is 27.9 Å². The number of sulfone groups is 1. The first-order chi connectivity index (χ1) is 15.2. The normalized spacial score (nSPS) is 11.6. The van der Waals surface area contributed by atoms with Crippen molar-refractivity contribution in [2.24, 2.45) is 0 Å². The average molecular weight is 447 g/mol. The maximum absolute atomic E-state index is 13.3. The summed E-state index contributed by atoms with van der Waals surface area (Å²) in [4.78, 5) is 13.0. The van der Waals surface area contributed by atoms with Crippen LogP contribution in [0.1, 0.15) is 22.3 Å². The molecule has 0 saturated carbocycles. The second kappa shape index (κ2) is 8.63. The number of fused-ring (bicyclic) bond motifs is 1. The Labute approximate surface area is 188 Å². The molecule has 0 spiro atoms. The quantitative estimate of drug-likeness (QED) is 0.444. The summed E-state index contributed by atoms with van der Waals surface area (Å²) in [6.45, 7) is 5.89. The molecule has 0 aliphatic heterocycles. The van der Waals surface area contributed by atoms with Gasteiger partial charge >= 0.3 is 0 Å². The molecule has 0 atom stereocenters. The molecule has 0 radical (unpaired) electrons. The maximum atomic E-state index is 13.3. The SMILES string of the molecule is Cc1cc(C)cc(NC(=O)Cn2cc(S(=O)(=O)Cc3ccccc3C)c3ccccc32)c1. The van der Waals surface area contributed by atoms with Crippen LogP contribution >= 0.6 is 0 Å². The monoisotopic (exact) mass is 446 g/mol. The van der Waals surface area contributed by atoms with Crippen LogP contribution in [-0.2, 0) is 26.9 Å². The lowest BCUT2D eigenvalue weighted by Gasteiger charge is -2.09. The summed E-state index contributed by atoms with van der Waals surface area (Å²) < 4.78 is 28.3. The fourth-order valence-corrected chi connectivity index (χ4v) is 5.73. The van der Waals surface area contributed by atoms with Crippen LogP contribution in [0.25, 0.3) is 10.9 Å². The van der Waals surface area contributed by atoms with E-state index in [1.165, 1.54) is 0 Å². The third kappa shape index (κ3) is 4.60. The van der Waals surface area contributed by atoms with Crippen molar-refractivity contribution in [1.29, 1.82) is 0 Å². The minimum absolute atomic E-state index is 0.0212. The van der Waals surface area contributed by atoms with E-state index in [0.29, 0.717) is 10.9 Å². The van der Waals surface area contributed by atoms with Gasteiger partial charge in [-0.3, -0.25) is 4.79 Å². The van der Waals surface area contributed by atoms with E-state index in [1.54, 1.807) is 16.8 Å². The van der Waals surface area contributed by atoms with Crippen molar-refractivity contribution in [3.8, 4) is 0 Å². The largest absolute Gasteiger partial charge is 0.337 e. The molecule has 3 aromatic carbocycles. The Morgan fingerprint density at radius 1 is 0.906 bits per heavy atom. The summed E-state index contributed by atoms with van der Waals surface area (Å²) in [5.41, 5.74) is 5.29. The molecule has 0 fully saturated rings. The highest BCUT2D eigenvalue weighted by Crippen LogP contribution is 2.29. The average Bonchev–Trinajstić information content (AvgIpc) is 3.08. The number of carbonyl (C=O) groups is 1. The van der Waals surface area contributed by atoms with E-state index in [9.17, 15) is 13.2 Å². The summed E-state index contributed by atoms with van der Waals surface area (Å²) >= 11 is 0. The first kappa shape index (κ1) is 21.8. The van der Waals surface area contributed by atoms with E-state index in [4.69, 9.17) is 0 Å². The van der Waals surface area contributed by atoms with Crippen LogP contribution in [0.15, 0.2) is 77.8 Å². The Morgan fingerprint density at radius 3 is 2.28 bits per heavy atom. The van der Waals surface area contributed by atoms with Gasteiger partial charge < -0.3 is 9.88 Å². The molecule has 4 aromatic rings. The second-order valence-electron chi connectivity index (χ2n) is 8.25. The van der Waals surface area contributed by atoms with Gasteiger partial charge in [0.15, 0.2) is 9.84 Å². The molecule has 4 rings (SSSR count). The number of nitrogens with zero attached hydrogens (tertiary/aromatic N) is 1. The lowest BCUT2D eigenvalue weighted by atomic mass is 10.1. The van der Waals surface area contributed by atoms with Crippen molar-refractivity contribution in [2.75, 3.05) is 5.32 Å². The van der Waals surface area contributed by atoms with Crippen LogP contribution in [0.3, 0.4) is 0 Å². The maximum Gasteiger partial charge on any atom is 0.244 e. The smallest absolute Gasteiger partial charge is 0.244 e. The molecule has 0 unspecified atom stereocenters. The number of benzene rings is 3. The molecule has 0 saturated heterocycles. The predicted molar refractivity (Wildman–Crippen MR) is 129 cm³/mol. The van der Waals surface area contributed by atoms with Gasteiger partial charge in [-0.05, 0) is 61.2 Å². The highest BCUT2D eigenvalue weighted by molar-refractivity contribution is 7.90. The summed E-state index contributed by atoms with van der Waals surface area (Å²) in [6.07, 6.45) is 1.58. The van der Waals surface area contributed by atoms with Crippen molar-refractivity contribution in [3.05, 3.63) is 95.2 Å². The summed E-state index contributed by atoms with van der Waals surface area (Å²) in [6, 6.07) is 20.6. The topological polar surface area (TPSA) is 68.2 Å². The molecule has 1 N–H and O–H groups in total. The van der Waals surface area contributed by atoms with E-state index in [2.05, 4.69) is 5.32 Å². The third-order valence-electron chi connectivity index (χ3n) is 5.51. The zero-order valence-corrected chi connectivity index (χ0v) is 19.2. The Morgan fingerprint density at radius 2 is 1.56 bits per heavy atom. The van der Waals surface area contributed by atoms with E-state index < -0.39 is 9.84 Å². The van der Waals surface area contributed by atoms with Crippen molar-refractivity contribution < 1.29 is 13.2 Å². The number of carbonyl (C=O) groups excluding carboxylic acids is 1.